The third-order valence-corrected chi connectivity index (χ3v) is 8.64. The second-order valence-corrected chi connectivity index (χ2v) is 11.7. The summed E-state index contributed by atoms with van der Waals surface area (Å²) in [6, 6.07) is 9.63. The molecule has 4 rings (SSSR count). The Kier molecular flexibility index (Phi) is 10.9. The van der Waals surface area contributed by atoms with E-state index in [0.29, 0.717) is 24.7 Å². The van der Waals surface area contributed by atoms with E-state index in [1.165, 1.54) is 30.4 Å². The number of hydrogen-bond donors (Lipinski definition) is 0. The molecule has 2 fully saturated rings. The van der Waals surface area contributed by atoms with Gasteiger partial charge in [0.25, 0.3) is 0 Å². The van der Waals surface area contributed by atoms with Gasteiger partial charge in [-0.05, 0) is 93.1 Å². The molecule has 0 spiro atoms. The van der Waals surface area contributed by atoms with Crippen molar-refractivity contribution in [2.75, 3.05) is 0 Å². The van der Waals surface area contributed by atoms with Crippen LogP contribution >= 0.6 is 0 Å². The van der Waals surface area contributed by atoms with Gasteiger partial charge in [0.2, 0.25) is 5.75 Å². The highest BCUT2D eigenvalue weighted by molar-refractivity contribution is 5.35. The largest absolute Gasteiger partial charge is 0.573 e. The third kappa shape index (κ3) is 9.14. The van der Waals surface area contributed by atoms with Crippen molar-refractivity contribution < 1.29 is 40.2 Å². The molecule has 9 heteroatoms. The van der Waals surface area contributed by atoms with Gasteiger partial charge in [0.05, 0.1) is 5.92 Å². The van der Waals surface area contributed by atoms with Gasteiger partial charge in [-0.3, -0.25) is 0 Å². The predicted octanol–water partition coefficient (Wildman–Crippen LogP) is 10.9. The van der Waals surface area contributed by atoms with Crippen molar-refractivity contribution in [1.82, 2.24) is 0 Å². The van der Waals surface area contributed by atoms with E-state index in [1.54, 1.807) is 0 Å². The first-order chi connectivity index (χ1) is 19.9. The number of unbranched alkanes of at least 4 members (excludes halogenated alkanes) is 2. The van der Waals surface area contributed by atoms with Crippen LogP contribution in [-0.4, -0.2) is 12.5 Å². The summed E-state index contributed by atoms with van der Waals surface area (Å²) in [4.78, 5) is 0. The van der Waals surface area contributed by atoms with Crippen molar-refractivity contribution in [2.24, 2.45) is 17.8 Å². The fourth-order valence-electron chi connectivity index (χ4n) is 6.19. The highest BCUT2D eigenvalue weighted by Gasteiger charge is 2.44. The SMILES string of the molecule is CCCCCc1ccc(C2CCC(/C=C/C3CCC(C(F)(F)Oc4cc(F)c(OC(F)(F)F)c(F)c4)CC3)CC2)cc1. The van der Waals surface area contributed by atoms with Gasteiger partial charge in [-0.25, -0.2) is 8.78 Å². The van der Waals surface area contributed by atoms with Crippen molar-refractivity contribution >= 4 is 0 Å². The molecule has 2 aliphatic carbocycles. The Morgan fingerprint density at radius 3 is 1.81 bits per heavy atom. The molecule has 0 unspecified atom stereocenters. The lowest BCUT2D eigenvalue weighted by Crippen LogP contribution is -2.37. The predicted molar refractivity (Wildman–Crippen MR) is 148 cm³/mol. The standard InChI is InChI=1S/C33H39F7O2/c1-2-3-4-5-22-8-14-25(15-9-22)26-16-10-23(11-17-26)6-7-24-12-18-27(19-13-24)32(36,37)41-28-20-29(34)31(30(35)21-28)42-33(38,39)40/h6-9,14-15,20-21,23-24,26-27H,2-5,10-13,16-19H2,1H3/b7-6+. The Hall–Kier alpha value is -2.71. The quantitative estimate of drug-likeness (QED) is 0.145. The molecule has 0 aromatic heterocycles. The maximum absolute atomic E-state index is 14.8. The molecule has 0 N–H and O–H groups in total. The molecule has 232 valence electrons. The summed E-state index contributed by atoms with van der Waals surface area (Å²) in [6.07, 6.45) is 6.00. The number of rotatable bonds is 11. The van der Waals surface area contributed by atoms with Crippen LogP contribution in [0.15, 0.2) is 48.6 Å². The number of hydrogen-bond acceptors (Lipinski definition) is 2. The van der Waals surface area contributed by atoms with Crippen LogP contribution in [0.5, 0.6) is 11.5 Å². The fourth-order valence-corrected chi connectivity index (χ4v) is 6.19. The zero-order chi connectivity index (χ0) is 30.3. The van der Waals surface area contributed by atoms with Gasteiger partial charge in [-0.15, -0.1) is 13.2 Å². The number of ether oxygens (including phenoxy) is 2. The van der Waals surface area contributed by atoms with Crippen LogP contribution in [0.25, 0.3) is 0 Å². The third-order valence-electron chi connectivity index (χ3n) is 8.64. The summed E-state index contributed by atoms with van der Waals surface area (Å²) in [5.74, 6) is -6.13. The van der Waals surface area contributed by atoms with E-state index < -0.39 is 41.5 Å². The Morgan fingerprint density at radius 2 is 1.29 bits per heavy atom. The van der Waals surface area contributed by atoms with Crippen LogP contribution in [0.3, 0.4) is 0 Å². The van der Waals surface area contributed by atoms with E-state index in [1.807, 2.05) is 0 Å². The molecule has 0 saturated heterocycles. The molecule has 2 aromatic rings. The lowest BCUT2D eigenvalue weighted by Gasteiger charge is -2.33. The van der Waals surface area contributed by atoms with Gasteiger partial charge < -0.3 is 9.47 Å². The first kappa shape index (κ1) is 32.2. The van der Waals surface area contributed by atoms with Gasteiger partial charge in [0, 0.05) is 12.1 Å². The number of allylic oxidation sites excluding steroid dienone is 2. The number of alkyl halides is 5. The van der Waals surface area contributed by atoms with E-state index >= 15 is 0 Å². The van der Waals surface area contributed by atoms with Crippen LogP contribution < -0.4 is 9.47 Å². The maximum atomic E-state index is 14.8. The van der Waals surface area contributed by atoms with E-state index in [-0.39, 0.29) is 30.9 Å². The Bertz CT molecular complexity index is 1140. The van der Waals surface area contributed by atoms with E-state index in [9.17, 15) is 30.7 Å². The Labute approximate surface area is 243 Å². The number of benzene rings is 2. The molecule has 42 heavy (non-hydrogen) atoms. The van der Waals surface area contributed by atoms with E-state index in [4.69, 9.17) is 0 Å². The van der Waals surface area contributed by atoms with Crippen molar-refractivity contribution in [1.29, 1.82) is 0 Å². The lowest BCUT2D eigenvalue weighted by atomic mass is 9.77. The first-order valence-corrected chi connectivity index (χ1v) is 15.0. The van der Waals surface area contributed by atoms with Crippen molar-refractivity contribution in [3.8, 4) is 11.5 Å². The average Bonchev–Trinajstić information content (AvgIpc) is 2.94. The van der Waals surface area contributed by atoms with Crippen LogP contribution in [0.1, 0.15) is 94.6 Å². The van der Waals surface area contributed by atoms with Crippen molar-refractivity contribution in [3.63, 3.8) is 0 Å². The molecule has 0 aliphatic heterocycles. The monoisotopic (exact) mass is 600 g/mol. The van der Waals surface area contributed by atoms with Crippen molar-refractivity contribution in [3.05, 3.63) is 71.3 Å². The van der Waals surface area contributed by atoms with Gasteiger partial charge >= 0.3 is 12.5 Å². The molecule has 0 atom stereocenters. The summed E-state index contributed by atoms with van der Waals surface area (Å²) in [7, 11) is 0. The second-order valence-electron chi connectivity index (χ2n) is 11.7. The number of halogens is 7. The van der Waals surface area contributed by atoms with Crippen molar-refractivity contribution in [2.45, 2.75) is 102 Å². The zero-order valence-corrected chi connectivity index (χ0v) is 23.9. The topological polar surface area (TPSA) is 18.5 Å². The van der Waals surface area contributed by atoms with E-state index in [2.05, 4.69) is 52.8 Å². The molecule has 2 nitrogen and oxygen atoms in total. The van der Waals surface area contributed by atoms with Crippen LogP contribution in [-0.2, 0) is 6.42 Å². The minimum atomic E-state index is -5.33. The molecule has 0 bridgehead atoms. The normalized spacial score (nSPS) is 23.7. The van der Waals surface area contributed by atoms with Crippen LogP contribution in [0.4, 0.5) is 30.7 Å². The molecule has 2 aliphatic rings. The van der Waals surface area contributed by atoms with Crippen LogP contribution in [0, 0.1) is 29.4 Å². The maximum Gasteiger partial charge on any atom is 0.573 e. The fraction of sp³-hybridized carbons (Fsp3) is 0.576. The molecule has 0 heterocycles. The van der Waals surface area contributed by atoms with Gasteiger partial charge in [-0.2, -0.15) is 8.78 Å². The molecule has 0 radical (unpaired) electrons. The average molecular weight is 601 g/mol. The summed E-state index contributed by atoms with van der Waals surface area (Å²) >= 11 is 0. The summed E-state index contributed by atoms with van der Waals surface area (Å²) in [5.41, 5.74) is 2.81. The smallest absolute Gasteiger partial charge is 0.432 e. The lowest BCUT2D eigenvalue weighted by molar-refractivity contribution is -0.276. The summed E-state index contributed by atoms with van der Waals surface area (Å²) in [5, 5.41) is 0. The first-order valence-electron chi connectivity index (χ1n) is 15.0. The highest BCUT2D eigenvalue weighted by atomic mass is 19.4. The van der Waals surface area contributed by atoms with Crippen LogP contribution in [0.2, 0.25) is 0 Å². The zero-order valence-electron chi connectivity index (χ0n) is 23.9. The van der Waals surface area contributed by atoms with Gasteiger partial charge in [0.1, 0.15) is 5.75 Å². The Balaban J connectivity index is 1.21. The molecule has 2 aromatic carbocycles. The minimum Gasteiger partial charge on any atom is -0.432 e. The Morgan fingerprint density at radius 1 is 0.738 bits per heavy atom. The molecular formula is C33H39F7O2. The van der Waals surface area contributed by atoms with Gasteiger partial charge in [0.15, 0.2) is 11.6 Å². The van der Waals surface area contributed by atoms with E-state index in [0.717, 1.165) is 32.1 Å². The second kappa shape index (κ2) is 14.2. The molecule has 2 saturated carbocycles. The summed E-state index contributed by atoms with van der Waals surface area (Å²) < 4.78 is 102. The van der Waals surface area contributed by atoms with Gasteiger partial charge in [-0.1, -0.05) is 56.2 Å². The molecular weight excluding hydrogens is 561 g/mol. The highest BCUT2D eigenvalue weighted by Crippen LogP contribution is 2.42. The minimum absolute atomic E-state index is 0.156. The molecule has 0 amide bonds. The summed E-state index contributed by atoms with van der Waals surface area (Å²) in [6.45, 7) is 2.21. The number of aryl methyl sites for hydroxylation is 1.